The Bertz CT molecular complexity index is 1310. The molecule has 0 radical (unpaired) electrons. The van der Waals surface area contributed by atoms with Gasteiger partial charge in [0.05, 0.1) is 10.6 Å². The lowest BCUT2D eigenvalue weighted by molar-refractivity contribution is -0.123. The average Bonchev–Trinajstić information content (AvgIpc) is 3.30. The molecule has 4 aromatic rings. The van der Waals surface area contributed by atoms with E-state index in [0.717, 1.165) is 11.1 Å². The third-order valence-corrected chi connectivity index (χ3v) is 5.09. The summed E-state index contributed by atoms with van der Waals surface area (Å²) in [5.41, 5.74) is 1.61. The number of nitrogens with zero attached hydrogens (tertiary/aromatic N) is 3. The highest BCUT2D eigenvalue weighted by atomic mass is 35.5. The molecule has 162 valence electrons. The molecule has 0 fully saturated rings. The number of halogens is 2. The minimum Gasteiger partial charge on any atom is -0.483 e. The number of carboxylic acids is 1. The summed E-state index contributed by atoms with van der Waals surface area (Å²) in [6.07, 6.45) is 0. The molecule has 9 nitrogen and oxygen atoms in total. The van der Waals surface area contributed by atoms with E-state index in [1.54, 1.807) is 6.07 Å². The van der Waals surface area contributed by atoms with Crippen LogP contribution in [0.2, 0.25) is 10.0 Å². The topological polar surface area (TPSA) is 130 Å². The van der Waals surface area contributed by atoms with Crippen LogP contribution in [0.3, 0.4) is 0 Å². The molecule has 1 aromatic heterocycles. The van der Waals surface area contributed by atoms with Crippen LogP contribution in [0.5, 0.6) is 5.75 Å². The lowest BCUT2D eigenvalue weighted by Crippen LogP contribution is -2.28. The molecule has 3 N–H and O–H groups in total. The number of aromatic carboxylic acids is 1. The summed E-state index contributed by atoms with van der Waals surface area (Å²) >= 11 is 12.3. The van der Waals surface area contributed by atoms with Crippen molar-refractivity contribution in [2.45, 2.75) is 6.54 Å². The van der Waals surface area contributed by atoms with Gasteiger partial charge in [-0.1, -0.05) is 41.4 Å². The number of aromatic nitrogens is 4. The van der Waals surface area contributed by atoms with Gasteiger partial charge >= 0.3 is 5.97 Å². The molecule has 0 aliphatic carbocycles. The van der Waals surface area contributed by atoms with Crippen LogP contribution in [-0.4, -0.2) is 44.2 Å². The largest absolute Gasteiger partial charge is 0.483 e. The zero-order valence-electron chi connectivity index (χ0n) is 16.3. The normalized spacial score (nSPS) is 10.8. The minimum absolute atomic E-state index is 0.00929. The summed E-state index contributed by atoms with van der Waals surface area (Å²) in [7, 11) is 0. The van der Waals surface area contributed by atoms with Crippen LogP contribution in [0.15, 0.2) is 48.5 Å². The molecular weight excluding hydrogens is 457 g/mol. The zero-order chi connectivity index (χ0) is 22.7. The number of fused-ring (bicyclic) bond motifs is 1. The summed E-state index contributed by atoms with van der Waals surface area (Å²) in [4.78, 5) is 23.8. The standard InChI is InChI=1S/C21H15Cl2N5O4/c22-15-6-13-5-14(21(30)31)7-17(19(13)16(23)8-15)32-10-18(29)24-9-11-2-1-3-12(4-11)20-25-27-28-26-20/h1-8H,9-10H2,(H,24,29)(H,30,31)(H,25,26,27,28). The van der Waals surface area contributed by atoms with Crippen LogP contribution in [-0.2, 0) is 11.3 Å². The molecule has 0 unspecified atom stereocenters. The molecule has 0 spiro atoms. The monoisotopic (exact) mass is 471 g/mol. The summed E-state index contributed by atoms with van der Waals surface area (Å²) in [5.74, 6) is -0.838. The fourth-order valence-corrected chi connectivity index (χ4v) is 3.73. The van der Waals surface area contributed by atoms with Crippen molar-refractivity contribution in [1.82, 2.24) is 25.9 Å². The van der Waals surface area contributed by atoms with Crippen LogP contribution in [0, 0.1) is 0 Å². The molecule has 4 rings (SSSR count). The Hall–Kier alpha value is -3.69. The second kappa shape index (κ2) is 9.21. The van der Waals surface area contributed by atoms with Crippen LogP contribution in [0.25, 0.3) is 22.2 Å². The third-order valence-electron chi connectivity index (χ3n) is 4.57. The van der Waals surface area contributed by atoms with E-state index in [1.165, 1.54) is 18.2 Å². The number of benzene rings is 3. The number of carbonyl (C=O) groups excluding carboxylic acids is 1. The van der Waals surface area contributed by atoms with Crippen molar-refractivity contribution in [2.75, 3.05) is 6.61 Å². The molecule has 1 heterocycles. The van der Waals surface area contributed by atoms with E-state index in [9.17, 15) is 14.7 Å². The number of aromatic amines is 1. The summed E-state index contributed by atoms with van der Waals surface area (Å²) in [6, 6.07) is 13.2. The molecule has 0 saturated heterocycles. The van der Waals surface area contributed by atoms with E-state index in [4.69, 9.17) is 27.9 Å². The quantitative estimate of drug-likeness (QED) is 0.374. The van der Waals surface area contributed by atoms with Crippen molar-refractivity contribution in [1.29, 1.82) is 0 Å². The maximum atomic E-state index is 12.4. The number of hydrogen-bond donors (Lipinski definition) is 3. The number of hydrogen-bond acceptors (Lipinski definition) is 6. The van der Waals surface area contributed by atoms with Gasteiger partial charge in [0.2, 0.25) is 0 Å². The van der Waals surface area contributed by atoms with Crippen molar-refractivity contribution < 1.29 is 19.4 Å². The molecule has 0 aliphatic heterocycles. The van der Waals surface area contributed by atoms with E-state index in [0.29, 0.717) is 26.6 Å². The number of ether oxygens (including phenoxy) is 1. The number of rotatable bonds is 7. The average molecular weight is 472 g/mol. The van der Waals surface area contributed by atoms with Gasteiger partial charge in [0.1, 0.15) is 5.75 Å². The van der Waals surface area contributed by atoms with Crippen molar-refractivity contribution >= 4 is 45.9 Å². The van der Waals surface area contributed by atoms with Gasteiger partial charge in [-0.2, -0.15) is 0 Å². The summed E-state index contributed by atoms with van der Waals surface area (Å²) in [5, 5.41) is 27.4. The Morgan fingerprint density at radius 1 is 1.12 bits per heavy atom. The van der Waals surface area contributed by atoms with E-state index in [2.05, 4.69) is 25.9 Å². The molecule has 3 aromatic carbocycles. The van der Waals surface area contributed by atoms with Crippen molar-refractivity contribution in [3.05, 3.63) is 69.7 Å². The second-order valence-electron chi connectivity index (χ2n) is 6.78. The van der Waals surface area contributed by atoms with Crippen molar-refractivity contribution in [2.24, 2.45) is 0 Å². The molecule has 0 bridgehead atoms. The Morgan fingerprint density at radius 3 is 2.72 bits per heavy atom. The molecule has 1 amide bonds. The zero-order valence-corrected chi connectivity index (χ0v) is 17.8. The Morgan fingerprint density at radius 2 is 1.97 bits per heavy atom. The first-order valence-electron chi connectivity index (χ1n) is 9.29. The SMILES string of the molecule is O=C(COc1cc(C(=O)O)cc2cc(Cl)cc(Cl)c12)NCc1cccc(-c2nnn[nH]2)c1. The number of tetrazole rings is 1. The lowest BCUT2D eigenvalue weighted by atomic mass is 10.1. The Balaban J connectivity index is 1.46. The Kier molecular flexibility index (Phi) is 6.20. The van der Waals surface area contributed by atoms with Gasteiger partial charge in [-0.25, -0.2) is 9.89 Å². The molecule has 0 aliphatic rings. The Labute approximate surface area is 191 Å². The van der Waals surface area contributed by atoms with Crippen LogP contribution in [0.4, 0.5) is 0 Å². The number of carbonyl (C=O) groups is 2. The van der Waals surface area contributed by atoms with E-state index in [-0.39, 0.29) is 24.5 Å². The van der Waals surface area contributed by atoms with E-state index >= 15 is 0 Å². The first kappa shape index (κ1) is 21.5. The molecule has 0 saturated carbocycles. The highest BCUT2D eigenvalue weighted by Crippen LogP contribution is 2.36. The van der Waals surface area contributed by atoms with Crippen molar-refractivity contribution in [3.8, 4) is 17.1 Å². The molecule has 0 atom stereocenters. The van der Waals surface area contributed by atoms with Crippen LogP contribution >= 0.6 is 23.2 Å². The van der Waals surface area contributed by atoms with Gasteiger partial charge in [0, 0.05) is 22.5 Å². The molecule has 32 heavy (non-hydrogen) atoms. The summed E-state index contributed by atoms with van der Waals surface area (Å²) < 4.78 is 5.63. The van der Waals surface area contributed by atoms with Crippen LogP contribution < -0.4 is 10.1 Å². The number of H-pyrrole nitrogens is 1. The van der Waals surface area contributed by atoms with Crippen molar-refractivity contribution in [3.63, 3.8) is 0 Å². The third kappa shape index (κ3) is 4.79. The van der Waals surface area contributed by atoms with Gasteiger partial charge in [-0.15, -0.1) is 5.10 Å². The van der Waals surface area contributed by atoms with Gasteiger partial charge in [-0.05, 0) is 51.7 Å². The van der Waals surface area contributed by atoms with E-state index < -0.39 is 11.9 Å². The number of amides is 1. The first-order chi connectivity index (χ1) is 15.4. The van der Waals surface area contributed by atoms with Crippen LogP contribution in [0.1, 0.15) is 15.9 Å². The smallest absolute Gasteiger partial charge is 0.335 e. The first-order valence-corrected chi connectivity index (χ1v) is 10.0. The second-order valence-corrected chi connectivity index (χ2v) is 7.62. The number of nitrogens with one attached hydrogen (secondary N) is 2. The van der Waals surface area contributed by atoms with Gasteiger partial charge < -0.3 is 15.2 Å². The predicted molar refractivity (Wildman–Crippen MR) is 118 cm³/mol. The minimum atomic E-state index is -1.14. The molecule has 11 heteroatoms. The predicted octanol–water partition coefficient (Wildman–Crippen LogP) is 3.72. The highest BCUT2D eigenvalue weighted by Gasteiger charge is 2.15. The maximum Gasteiger partial charge on any atom is 0.335 e. The van der Waals surface area contributed by atoms with Gasteiger partial charge in [-0.3, -0.25) is 4.79 Å². The lowest BCUT2D eigenvalue weighted by Gasteiger charge is -2.13. The fraction of sp³-hybridized carbons (Fsp3) is 0.0952. The highest BCUT2D eigenvalue weighted by molar-refractivity contribution is 6.39. The maximum absolute atomic E-state index is 12.4. The van der Waals surface area contributed by atoms with E-state index in [1.807, 2.05) is 24.3 Å². The number of carboxylic acid groups (broad SMARTS) is 1. The summed E-state index contributed by atoms with van der Waals surface area (Å²) in [6.45, 7) is -0.0767. The van der Waals surface area contributed by atoms with Gasteiger partial charge in [0.15, 0.2) is 12.4 Å². The fourth-order valence-electron chi connectivity index (χ4n) is 3.13. The van der Waals surface area contributed by atoms with Gasteiger partial charge in [0.25, 0.3) is 5.91 Å². The molecular formula is C21H15Cl2N5O4.